The van der Waals surface area contributed by atoms with E-state index in [1.807, 2.05) is 54.6 Å². The second-order valence-corrected chi connectivity index (χ2v) is 11.8. The van der Waals surface area contributed by atoms with Crippen molar-refractivity contribution in [2.24, 2.45) is 0 Å². The quantitative estimate of drug-likeness (QED) is 0.287. The van der Waals surface area contributed by atoms with Gasteiger partial charge in [-0.1, -0.05) is 54.6 Å². The minimum Gasteiger partial charge on any atom is -0.507 e. The van der Waals surface area contributed by atoms with Gasteiger partial charge in [-0.05, 0) is 34.9 Å². The Labute approximate surface area is 264 Å². The summed E-state index contributed by atoms with van der Waals surface area (Å²) in [7, 11) is 0. The molecule has 3 heterocycles. The van der Waals surface area contributed by atoms with Crippen LogP contribution in [0.2, 0.25) is 0 Å². The van der Waals surface area contributed by atoms with Gasteiger partial charge in [-0.3, -0.25) is 9.59 Å². The fourth-order valence-electron chi connectivity index (χ4n) is 6.00. The number of piperazine rings is 1. The van der Waals surface area contributed by atoms with Crippen LogP contribution in [0.5, 0.6) is 5.75 Å². The maximum absolute atomic E-state index is 14.3. The van der Waals surface area contributed by atoms with Gasteiger partial charge in [-0.2, -0.15) is 5.26 Å². The molecule has 0 bridgehead atoms. The van der Waals surface area contributed by atoms with Crippen LogP contribution >= 0.6 is 11.3 Å². The normalized spacial score (nSPS) is 18.5. The van der Waals surface area contributed by atoms with Crippen LogP contribution < -0.4 is 5.32 Å². The second-order valence-electron chi connectivity index (χ2n) is 10.9. The van der Waals surface area contributed by atoms with Crippen molar-refractivity contribution in [2.75, 3.05) is 19.6 Å². The Bertz CT molecular complexity index is 1800. The average molecular weight is 622 g/mol. The van der Waals surface area contributed by atoms with Crippen molar-refractivity contribution in [1.29, 1.82) is 5.26 Å². The molecule has 2 aliphatic rings. The lowest BCUT2D eigenvalue weighted by atomic mass is 9.97. The number of phenolic OH excluding ortho intramolecular Hbond substituents is 1. The van der Waals surface area contributed by atoms with Crippen LogP contribution in [0.4, 0.5) is 4.79 Å². The molecule has 11 nitrogen and oxygen atoms in total. The fourth-order valence-corrected chi connectivity index (χ4v) is 6.72. The Morgan fingerprint density at radius 1 is 1.13 bits per heavy atom. The highest BCUT2D eigenvalue weighted by atomic mass is 32.1. The smallest absolute Gasteiger partial charge is 0.334 e. The number of para-hydroxylation sites is 1. The summed E-state index contributed by atoms with van der Waals surface area (Å²) in [5.74, 6) is -0.740. The monoisotopic (exact) mass is 621 g/mol. The lowest BCUT2D eigenvalue weighted by molar-refractivity contribution is -0.189. The average Bonchev–Trinajstić information content (AvgIpc) is 3.53. The largest absolute Gasteiger partial charge is 0.507 e. The van der Waals surface area contributed by atoms with Gasteiger partial charge in [0, 0.05) is 26.1 Å². The van der Waals surface area contributed by atoms with Crippen LogP contribution in [0.25, 0.3) is 10.2 Å². The number of nitrogens with one attached hydrogen (secondary N) is 1. The van der Waals surface area contributed by atoms with E-state index in [1.165, 1.54) is 33.4 Å². The summed E-state index contributed by atoms with van der Waals surface area (Å²) in [6.45, 7) is 4.54. The predicted octanol–water partition coefficient (Wildman–Crippen LogP) is 3.61. The molecule has 2 N–H and O–H groups in total. The zero-order valence-corrected chi connectivity index (χ0v) is 25.2. The van der Waals surface area contributed by atoms with E-state index in [4.69, 9.17) is 0 Å². The highest BCUT2D eigenvalue weighted by Gasteiger charge is 2.51. The Morgan fingerprint density at radius 3 is 2.73 bits per heavy atom. The Balaban J connectivity index is 1.38. The maximum Gasteiger partial charge on any atom is 0.334 e. The van der Waals surface area contributed by atoms with Gasteiger partial charge in [0.2, 0.25) is 11.8 Å². The van der Waals surface area contributed by atoms with Gasteiger partial charge in [0.1, 0.15) is 24.0 Å². The standard InChI is InChI=1S/C33H31N7O4S/c1-2-13-38-20-30(42)39-26(15-23-11-12-27(41)25(14-23)16-34)32(43)37(18-24-9-6-10-28-31(24)36-21-45-28)19-29(39)40(38)33(44)35-17-22-7-4-3-5-8-22/h2-12,14,21,26,29,41H,1,13,15,17-20H2,(H,35,44)/t26-,29?/m0/s1. The molecule has 12 heteroatoms. The number of rotatable bonds is 8. The number of hydrogen-bond acceptors (Lipinski definition) is 8. The summed E-state index contributed by atoms with van der Waals surface area (Å²) in [6, 6.07) is 20.5. The molecule has 0 spiro atoms. The highest BCUT2D eigenvalue weighted by Crippen LogP contribution is 2.31. The molecule has 0 aliphatic carbocycles. The van der Waals surface area contributed by atoms with E-state index in [-0.39, 0.29) is 62.3 Å². The number of phenols is 1. The molecule has 45 heavy (non-hydrogen) atoms. The molecule has 2 fully saturated rings. The minimum atomic E-state index is -0.961. The molecule has 0 saturated carbocycles. The van der Waals surface area contributed by atoms with Gasteiger partial charge in [-0.15, -0.1) is 17.9 Å². The fraction of sp³-hybridized carbons (Fsp3) is 0.242. The van der Waals surface area contributed by atoms with Crippen LogP contribution in [0, 0.1) is 11.3 Å². The Kier molecular flexibility index (Phi) is 8.46. The van der Waals surface area contributed by atoms with E-state index in [2.05, 4.69) is 16.9 Å². The Morgan fingerprint density at radius 2 is 1.96 bits per heavy atom. The first-order valence-electron chi connectivity index (χ1n) is 14.5. The number of nitrogens with zero attached hydrogens (tertiary/aromatic N) is 6. The highest BCUT2D eigenvalue weighted by molar-refractivity contribution is 7.16. The predicted molar refractivity (Wildman–Crippen MR) is 168 cm³/mol. The molecule has 1 aromatic heterocycles. The van der Waals surface area contributed by atoms with Crippen molar-refractivity contribution < 1.29 is 19.5 Å². The molecule has 1 unspecified atom stereocenters. The van der Waals surface area contributed by atoms with Gasteiger partial charge in [0.05, 0.1) is 34.4 Å². The second kappa shape index (κ2) is 12.8. The third kappa shape index (κ3) is 5.95. The topological polar surface area (TPSA) is 133 Å². The van der Waals surface area contributed by atoms with Gasteiger partial charge in [-0.25, -0.2) is 19.8 Å². The third-order valence-corrected chi connectivity index (χ3v) is 8.87. The van der Waals surface area contributed by atoms with E-state index in [0.717, 1.165) is 21.3 Å². The number of urea groups is 1. The number of carbonyl (C=O) groups excluding carboxylic acids is 3. The zero-order valence-electron chi connectivity index (χ0n) is 24.4. The van der Waals surface area contributed by atoms with E-state index in [0.29, 0.717) is 5.56 Å². The van der Waals surface area contributed by atoms with Crippen molar-refractivity contribution in [3.05, 3.63) is 107 Å². The molecule has 2 aliphatic heterocycles. The number of hydrazine groups is 1. The molecule has 2 saturated heterocycles. The maximum atomic E-state index is 14.3. The molecule has 3 aromatic carbocycles. The third-order valence-electron chi connectivity index (χ3n) is 8.08. The van der Waals surface area contributed by atoms with Crippen molar-refractivity contribution in [1.82, 2.24) is 30.1 Å². The number of amides is 4. The van der Waals surface area contributed by atoms with E-state index < -0.39 is 18.2 Å². The summed E-state index contributed by atoms with van der Waals surface area (Å²) in [4.78, 5) is 49.7. The van der Waals surface area contributed by atoms with Crippen LogP contribution in [-0.4, -0.2) is 79.6 Å². The number of benzene rings is 3. The van der Waals surface area contributed by atoms with Gasteiger partial charge >= 0.3 is 6.03 Å². The molecule has 2 atom stereocenters. The number of hydrogen-bond donors (Lipinski definition) is 2. The summed E-state index contributed by atoms with van der Waals surface area (Å²) in [6.07, 6.45) is 0.910. The van der Waals surface area contributed by atoms with Crippen LogP contribution in [0.1, 0.15) is 22.3 Å². The van der Waals surface area contributed by atoms with E-state index in [9.17, 15) is 24.8 Å². The number of thiazole rings is 1. The van der Waals surface area contributed by atoms with Gasteiger partial charge in [0.25, 0.3) is 0 Å². The van der Waals surface area contributed by atoms with Gasteiger partial charge < -0.3 is 20.2 Å². The summed E-state index contributed by atoms with van der Waals surface area (Å²) < 4.78 is 0.996. The first-order valence-corrected chi connectivity index (χ1v) is 15.4. The number of nitriles is 1. The molecular weight excluding hydrogens is 590 g/mol. The first kappa shape index (κ1) is 29.8. The van der Waals surface area contributed by atoms with Crippen molar-refractivity contribution in [3.8, 4) is 11.8 Å². The summed E-state index contributed by atoms with van der Waals surface area (Å²) in [5, 5.41) is 25.7. The van der Waals surface area contributed by atoms with Crippen LogP contribution in [0.15, 0.2) is 84.9 Å². The molecule has 228 valence electrons. The SMILES string of the molecule is C=CCN1CC(=O)N2C(CN(Cc3cccc4scnc34)C(=O)[C@@H]2Cc2ccc(O)c(C#N)c2)N1C(=O)NCc1ccccc1. The number of aromatic hydroxyl groups is 1. The van der Waals surface area contributed by atoms with Crippen molar-refractivity contribution in [2.45, 2.75) is 31.7 Å². The molecule has 0 radical (unpaired) electrons. The lowest BCUT2D eigenvalue weighted by Crippen LogP contribution is -2.76. The molecule has 4 aromatic rings. The Hall–Kier alpha value is -5.25. The van der Waals surface area contributed by atoms with E-state index in [1.54, 1.807) is 27.6 Å². The molecular formula is C33H31N7O4S. The summed E-state index contributed by atoms with van der Waals surface area (Å²) in [5.41, 5.74) is 5.02. The number of aromatic nitrogens is 1. The minimum absolute atomic E-state index is 0.0726. The van der Waals surface area contributed by atoms with E-state index >= 15 is 0 Å². The first-order chi connectivity index (χ1) is 21.9. The number of carbonyl (C=O) groups is 3. The zero-order chi connectivity index (χ0) is 31.5. The molecule has 6 rings (SSSR count). The van der Waals surface area contributed by atoms with Gasteiger partial charge in [0.15, 0.2) is 0 Å². The number of fused-ring (bicyclic) bond motifs is 2. The van der Waals surface area contributed by atoms with Crippen molar-refractivity contribution in [3.63, 3.8) is 0 Å². The van der Waals surface area contributed by atoms with Crippen LogP contribution in [0.3, 0.4) is 0 Å². The summed E-state index contributed by atoms with van der Waals surface area (Å²) >= 11 is 1.51. The van der Waals surface area contributed by atoms with Crippen LogP contribution in [-0.2, 0) is 29.1 Å². The van der Waals surface area contributed by atoms with Crippen molar-refractivity contribution >= 4 is 39.4 Å². The molecule has 4 amide bonds. The lowest BCUT2D eigenvalue weighted by Gasteiger charge is -2.55.